The fourth-order valence-electron chi connectivity index (χ4n) is 4.71. The first-order valence-electron chi connectivity index (χ1n) is 11.8. The zero-order valence-corrected chi connectivity index (χ0v) is 21.3. The van der Waals surface area contributed by atoms with Crippen molar-refractivity contribution in [1.82, 2.24) is 0 Å². The Labute approximate surface area is 219 Å². The van der Waals surface area contributed by atoms with E-state index in [4.69, 9.17) is 11.6 Å². The van der Waals surface area contributed by atoms with Gasteiger partial charge in [-0.2, -0.15) is 0 Å². The molecule has 3 unspecified atom stereocenters. The second-order valence-corrected chi connectivity index (χ2v) is 10.6. The van der Waals surface area contributed by atoms with Gasteiger partial charge in [-0.3, -0.25) is 19.3 Å². The van der Waals surface area contributed by atoms with Gasteiger partial charge in [0.1, 0.15) is 5.25 Å². The maximum atomic E-state index is 13.4. The monoisotopic (exact) mass is 516 g/mol. The average Bonchev–Trinajstić information content (AvgIpc) is 3.16. The quantitative estimate of drug-likeness (QED) is 0.228. The highest BCUT2D eigenvalue weighted by Crippen LogP contribution is 2.40. The summed E-state index contributed by atoms with van der Waals surface area (Å²) in [6.07, 6.45) is 5.18. The van der Waals surface area contributed by atoms with Crippen LogP contribution in [0.1, 0.15) is 29.2 Å². The van der Waals surface area contributed by atoms with E-state index >= 15 is 0 Å². The van der Waals surface area contributed by atoms with Crippen LogP contribution in [0.2, 0.25) is 5.02 Å². The van der Waals surface area contributed by atoms with Gasteiger partial charge in [0.15, 0.2) is 0 Å². The zero-order chi connectivity index (χ0) is 25.2. The maximum absolute atomic E-state index is 13.4. The minimum absolute atomic E-state index is 0.131. The molecule has 1 aliphatic heterocycles. The third-order valence-corrected chi connectivity index (χ3v) is 8.40. The Hall–Kier alpha value is -3.35. The first kappa shape index (κ1) is 24.3. The van der Waals surface area contributed by atoms with E-state index in [1.54, 1.807) is 18.2 Å². The molecule has 7 heteroatoms. The van der Waals surface area contributed by atoms with E-state index in [1.807, 2.05) is 73.7 Å². The van der Waals surface area contributed by atoms with Crippen molar-refractivity contribution in [1.29, 1.82) is 0 Å². The normalized spacial score (nSPS) is 19.8. The number of nitrogens with zero attached hydrogens (tertiary/aromatic N) is 1. The van der Waals surface area contributed by atoms with Gasteiger partial charge in [-0.15, -0.1) is 11.8 Å². The predicted octanol–water partition coefficient (Wildman–Crippen LogP) is 6.58. The van der Waals surface area contributed by atoms with Crippen LogP contribution in [0.3, 0.4) is 0 Å². The topological polar surface area (TPSA) is 66.5 Å². The number of hydrogen-bond donors (Lipinski definition) is 1. The molecule has 0 saturated carbocycles. The number of carbonyl (C=O) groups excluding carboxylic acids is 3. The number of fused-ring (bicyclic) bond motifs is 1. The van der Waals surface area contributed by atoms with Crippen LogP contribution < -0.4 is 10.2 Å². The number of nitrogens with one attached hydrogen (secondary N) is 1. The van der Waals surface area contributed by atoms with Gasteiger partial charge in [0, 0.05) is 15.6 Å². The SMILES string of the molecule is Cc1c(Cl)cccc1NC(=O)C(Sc1ccc(N2C(=O)C3CC=CCC3C2=O)cc1)c1ccccc1. The molecule has 5 nitrogen and oxygen atoms in total. The Balaban J connectivity index is 1.37. The lowest BCUT2D eigenvalue weighted by Crippen LogP contribution is -2.30. The van der Waals surface area contributed by atoms with E-state index in [9.17, 15) is 14.4 Å². The molecule has 0 bridgehead atoms. The molecule has 2 aliphatic rings. The summed E-state index contributed by atoms with van der Waals surface area (Å²) in [5.41, 5.74) is 2.92. The van der Waals surface area contributed by atoms with Crippen LogP contribution in [0.4, 0.5) is 11.4 Å². The summed E-state index contributed by atoms with van der Waals surface area (Å²) in [6.45, 7) is 1.87. The van der Waals surface area contributed by atoms with Crippen molar-refractivity contribution in [3.05, 3.63) is 101 Å². The molecule has 1 saturated heterocycles. The predicted molar refractivity (Wildman–Crippen MR) is 144 cm³/mol. The lowest BCUT2D eigenvalue weighted by Gasteiger charge is -2.19. The molecule has 0 spiro atoms. The number of benzene rings is 3. The Kier molecular flexibility index (Phi) is 6.99. The largest absolute Gasteiger partial charge is 0.325 e. The molecular formula is C29H25ClN2O3S. The summed E-state index contributed by atoms with van der Waals surface area (Å²) in [4.78, 5) is 41.4. The maximum Gasteiger partial charge on any atom is 0.242 e. The number of imide groups is 1. The zero-order valence-electron chi connectivity index (χ0n) is 19.7. The fraction of sp³-hybridized carbons (Fsp3) is 0.207. The Morgan fingerprint density at radius 2 is 1.56 bits per heavy atom. The van der Waals surface area contributed by atoms with Gasteiger partial charge in [0.25, 0.3) is 0 Å². The summed E-state index contributed by atoms with van der Waals surface area (Å²) in [6, 6.07) is 22.3. The fourth-order valence-corrected chi connectivity index (χ4v) is 5.91. The minimum Gasteiger partial charge on any atom is -0.325 e. The van der Waals surface area contributed by atoms with Crippen molar-refractivity contribution in [2.24, 2.45) is 11.8 Å². The number of amides is 3. The summed E-state index contributed by atoms with van der Waals surface area (Å²) in [7, 11) is 0. The highest BCUT2D eigenvalue weighted by molar-refractivity contribution is 8.00. The van der Waals surface area contributed by atoms with E-state index in [1.165, 1.54) is 16.7 Å². The highest BCUT2D eigenvalue weighted by Gasteiger charge is 2.47. The molecule has 3 amide bonds. The number of carbonyl (C=O) groups is 3. The number of allylic oxidation sites excluding steroid dienone is 2. The number of anilines is 2. The summed E-state index contributed by atoms with van der Waals surface area (Å²) in [5.74, 6) is -0.959. The van der Waals surface area contributed by atoms with E-state index < -0.39 is 5.25 Å². The van der Waals surface area contributed by atoms with Crippen LogP contribution in [0, 0.1) is 18.8 Å². The minimum atomic E-state index is -0.514. The number of thioether (sulfide) groups is 1. The van der Waals surface area contributed by atoms with E-state index in [2.05, 4.69) is 5.32 Å². The second kappa shape index (κ2) is 10.3. The lowest BCUT2D eigenvalue weighted by molar-refractivity contribution is -0.122. The smallest absolute Gasteiger partial charge is 0.242 e. The van der Waals surface area contributed by atoms with Gasteiger partial charge in [-0.1, -0.05) is 60.2 Å². The summed E-state index contributed by atoms with van der Waals surface area (Å²) < 4.78 is 0. The van der Waals surface area contributed by atoms with E-state index in [-0.39, 0.29) is 29.6 Å². The third-order valence-electron chi connectivity index (χ3n) is 6.72. The molecule has 1 heterocycles. The van der Waals surface area contributed by atoms with Crippen molar-refractivity contribution >= 4 is 52.5 Å². The van der Waals surface area contributed by atoms with Crippen molar-refractivity contribution in [3.63, 3.8) is 0 Å². The Bertz CT molecular complexity index is 1310. The van der Waals surface area contributed by atoms with Gasteiger partial charge in [-0.25, -0.2) is 0 Å². The highest BCUT2D eigenvalue weighted by atomic mass is 35.5. The molecule has 182 valence electrons. The standard InChI is InChI=1S/C29H25ClN2O3S/c1-18-24(30)12-7-13-25(18)31-27(33)26(19-8-3-2-4-9-19)36-21-16-14-20(15-17-21)32-28(34)22-10-5-6-11-23(22)29(32)35/h2-9,12-17,22-23,26H,10-11H2,1H3,(H,31,33). The molecule has 3 aromatic carbocycles. The molecule has 3 aromatic rings. The molecule has 3 atom stereocenters. The number of halogens is 1. The van der Waals surface area contributed by atoms with Crippen molar-refractivity contribution in [2.75, 3.05) is 10.2 Å². The van der Waals surface area contributed by atoms with Crippen LogP contribution in [0.15, 0.2) is 89.8 Å². The van der Waals surface area contributed by atoms with Gasteiger partial charge in [0.2, 0.25) is 17.7 Å². The van der Waals surface area contributed by atoms with Crippen LogP contribution >= 0.6 is 23.4 Å². The molecule has 1 aliphatic carbocycles. The molecule has 0 radical (unpaired) electrons. The van der Waals surface area contributed by atoms with Gasteiger partial charge in [0.05, 0.1) is 17.5 Å². The molecule has 5 rings (SSSR count). The van der Waals surface area contributed by atoms with Crippen molar-refractivity contribution in [3.8, 4) is 0 Å². The summed E-state index contributed by atoms with van der Waals surface area (Å²) in [5, 5.41) is 3.10. The van der Waals surface area contributed by atoms with Gasteiger partial charge < -0.3 is 5.32 Å². The summed E-state index contributed by atoms with van der Waals surface area (Å²) >= 11 is 7.65. The second-order valence-electron chi connectivity index (χ2n) is 8.97. The molecule has 1 fully saturated rings. The molecule has 1 N–H and O–H groups in total. The van der Waals surface area contributed by atoms with Crippen LogP contribution in [0.5, 0.6) is 0 Å². The number of rotatable bonds is 6. The first-order chi connectivity index (χ1) is 17.4. The van der Waals surface area contributed by atoms with Crippen LogP contribution in [-0.4, -0.2) is 17.7 Å². The van der Waals surface area contributed by atoms with E-state index in [0.29, 0.717) is 29.2 Å². The molecular weight excluding hydrogens is 492 g/mol. The molecule has 36 heavy (non-hydrogen) atoms. The Morgan fingerprint density at radius 3 is 2.19 bits per heavy atom. The lowest BCUT2D eigenvalue weighted by atomic mass is 9.85. The van der Waals surface area contributed by atoms with Crippen LogP contribution in [0.25, 0.3) is 0 Å². The van der Waals surface area contributed by atoms with Crippen LogP contribution in [-0.2, 0) is 14.4 Å². The third kappa shape index (κ3) is 4.71. The van der Waals surface area contributed by atoms with Gasteiger partial charge in [-0.05, 0) is 67.3 Å². The van der Waals surface area contributed by atoms with Crippen molar-refractivity contribution in [2.45, 2.75) is 29.9 Å². The van der Waals surface area contributed by atoms with Crippen molar-refractivity contribution < 1.29 is 14.4 Å². The Morgan fingerprint density at radius 1 is 0.917 bits per heavy atom. The number of hydrogen-bond acceptors (Lipinski definition) is 4. The van der Waals surface area contributed by atoms with Gasteiger partial charge >= 0.3 is 0 Å². The first-order valence-corrected chi connectivity index (χ1v) is 13.1. The molecule has 0 aromatic heterocycles. The average molecular weight is 517 g/mol. The van der Waals surface area contributed by atoms with E-state index in [0.717, 1.165) is 16.0 Å².